The van der Waals surface area contributed by atoms with Gasteiger partial charge in [0.15, 0.2) is 5.79 Å². The number of para-hydroxylation sites is 3. The summed E-state index contributed by atoms with van der Waals surface area (Å²) in [5.74, 6) is -0.498. The van der Waals surface area contributed by atoms with E-state index in [9.17, 15) is 9.59 Å². The molecule has 2 aromatic carbocycles. The maximum absolute atomic E-state index is 12.8. The third-order valence-corrected chi connectivity index (χ3v) is 5.90. The molecular formula is C23H24N4O4. The summed E-state index contributed by atoms with van der Waals surface area (Å²) in [5, 5.41) is 3.20. The number of hydrogen-bond donors (Lipinski definition) is 2. The Kier molecular flexibility index (Phi) is 5.17. The number of nitrogens with zero attached hydrogens (tertiary/aromatic N) is 2. The van der Waals surface area contributed by atoms with E-state index in [-0.39, 0.29) is 18.0 Å². The van der Waals surface area contributed by atoms with Gasteiger partial charge >= 0.3 is 0 Å². The third kappa shape index (κ3) is 3.92. The average molecular weight is 420 g/mol. The number of amides is 1. The first-order valence-corrected chi connectivity index (χ1v) is 10.5. The SMILES string of the molecule is O=C(CNc1ccccc1-c1nc2ccccc2[nH]c1=O)N1CCC2(CC1)OCCO2. The van der Waals surface area contributed by atoms with Crippen molar-refractivity contribution in [3.05, 3.63) is 58.9 Å². The topological polar surface area (TPSA) is 96.5 Å². The maximum Gasteiger partial charge on any atom is 0.275 e. The molecule has 160 valence electrons. The molecule has 2 N–H and O–H groups in total. The molecule has 0 aliphatic carbocycles. The molecule has 1 aromatic heterocycles. The Morgan fingerprint density at radius 1 is 1.06 bits per heavy atom. The third-order valence-electron chi connectivity index (χ3n) is 5.90. The van der Waals surface area contributed by atoms with Crippen LogP contribution >= 0.6 is 0 Å². The fourth-order valence-electron chi connectivity index (χ4n) is 4.22. The van der Waals surface area contributed by atoms with Crippen LogP contribution in [0.1, 0.15) is 12.8 Å². The van der Waals surface area contributed by atoms with Gasteiger partial charge in [0.2, 0.25) is 5.91 Å². The molecule has 31 heavy (non-hydrogen) atoms. The number of piperidine rings is 1. The van der Waals surface area contributed by atoms with E-state index in [1.54, 1.807) is 0 Å². The van der Waals surface area contributed by atoms with Gasteiger partial charge in [-0.3, -0.25) is 9.59 Å². The summed E-state index contributed by atoms with van der Waals surface area (Å²) >= 11 is 0. The Morgan fingerprint density at radius 2 is 1.77 bits per heavy atom. The van der Waals surface area contributed by atoms with Crippen LogP contribution in [0.15, 0.2) is 53.3 Å². The van der Waals surface area contributed by atoms with E-state index >= 15 is 0 Å². The number of fused-ring (bicyclic) bond motifs is 1. The van der Waals surface area contributed by atoms with Gasteiger partial charge in [0.25, 0.3) is 5.56 Å². The lowest BCUT2D eigenvalue weighted by Gasteiger charge is -2.37. The number of anilines is 1. The quantitative estimate of drug-likeness (QED) is 0.673. The monoisotopic (exact) mass is 420 g/mol. The predicted octanol–water partition coefficient (Wildman–Crippen LogP) is 2.37. The minimum absolute atomic E-state index is 0.00281. The lowest BCUT2D eigenvalue weighted by Crippen LogP contribution is -2.48. The molecule has 0 bridgehead atoms. The number of nitrogens with one attached hydrogen (secondary N) is 2. The maximum atomic E-state index is 12.8. The first kappa shape index (κ1) is 19.7. The highest BCUT2D eigenvalue weighted by atomic mass is 16.7. The Balaban J connectivity index is 1.31. The second-order valence-corrected chi connectivity index (χ2v) is 7.82. The zero-order valence-corrected chi connectivity index (χ0v) is 17.1. The number of aromatic amines is 1. The summed E-state index contributed by atoms with van der Waals surface area (Å²) in [6.45, 7) is 2.59. The number of carbonyl (C=O) groups is 1. The van der Waals surface area contributed by atoms with Crippen LogP contribution < -0.4 is 10.9 Å². The van der Waals surface area contributed by atoms with Crippen LogP contribution in [-0.2, 0) is 14.3 Å². The van der Waals surface area contributed by atoms with Crippen LogP contribution in [0.25, 0.3) is 22.3 Å². The summed E-state index contributed by atoms with van der Waals surface area (Å²) in [6.07, 6.45) is 1.37. The largest absolute Gasteiger partial charge is 0.376 e. The summed E-state index contributed by atoms with van der Waals surface area (Å²) in [4.78, 5) is 34.7. The van der Waals surface area contributed by atoms with E-state index in [0.29, 0.717) is 67.1 Å². The van der Waals surface area contributed by atoms with Gasteiger partial charge in [-0.2, -0.15) is 0 Å². The second kappa shape index (κ2) is 8.13. The van der Waals surface area contributed by atoms with Crippen LogP contribution in [-0.4, -0.2) is 59.4 Å². The van der Waals surface area contributed by atoms with Crippen molar-refractivity contribution < 1.29 is 14.3 Å². The minimum Gasteiger partial charge on any atom is -0.376 e. The van der Waals surface area contributed by atoms with Gasteiger partial charge < -0.3 is 24.7 Å². The molecule has 8 heteroatoms. The highest BCUT2D eigenvalue weighted by molar-refractivity contribution is 5.85. The molecule has 0 unspecified atom stereocenters. The van der Waals surface area contributed by atoms with Gasteiger partial charge in [-0.1, -0.05) is 30.3 Å². The molecule has 0 saturated carbocycles. The highest BCUT2D eigenvalue weighted by Gasteiger charge is 2.40. The molecule has 5 rings (SSSR count). The molecule has 1 spiro atoms. The first-order chi connectivity index (χ1) is 15.1. The highest BCUT2D eigenvalue weighted by Crippen LogP contribution is 2.31. The van der Waals surface area contributed by atoms with Crippen molar-refractivity contribution in [2.45, 2.75) is 18.6 Å². The van der Waals surface area contributed by atoms with Crippen LogP contribution in [0.4, 0.5) is 5.69 Å². The molecule has 2 saturated heterocycles. The first-order valence-electron chi connectivity index (χ1n) is 10.5. The number of hydrogen-bond acceptors (Lipinski definition) is 6. The van der Waals surface area contributed by atoms with Crippen LogP contribution in [0, 0.1) is 0 Å². The number of carbonyl (C=O) groups excluding carboxylic acids is 1. The van der Waals surface area contributed by atoms with E-state index in [0.717, 1.165) is 0 Å². The molecule has 3 aromatic rings. The average Bonchev–Trinajstić information content (AvgIpc) is 3.25. The van der Waals surface area contributed by atoms with Gasteiger partial charge in [0, 0.05) is 37.2 Å². The van der Waals surface area contributed by atoms with Gasteiger partial charge in [0.05, 0.1) is 30.8 Å². The molecule has 2 fully saturated rings. The Labute approximate surface area is 179 Å². The Morgan fingerprint density at radius 3 is 2.58 bits per heavy atom. The van der Waals surface area contributed by atoms with Crippen molar-refractivity contribution in [3.8, 4) is 11.3 Å². The van der Waals surface area contributed by atoms with E-state index in [4.69, 9.17) is 9.47 Å². The molecule has 0 atom stereocenters. The number of likely N-dealkylation sites (tertiary alicyclic amines) is 1. The second-order valence-electron chi connectivity index (χ2n) is 7.82. The number of rotatable bonds is 4. The molecule has 1 amide bonds. The minimum atomic E-state index is -0.500. The Bertz CT molecular complexity index is 1160. The molecule has 0 radical (unpaired) electrons. The van der Waals surface area contributed by atoms with Crippen molar-refractivity contribution in [1.82, 2.24) is 14.9 Å². The fraction of sp³-hybridized carbons (Fsp3) is 0.348. The molecule has 2 aliphatic heterocycles. The number of benzene rings is 2. The van der Waals surface area contributed by atoms with Gasteiger partial charge in [-0.05, 0) is 18.2 Å². The summed E-state index contributed by atoms with van der Waals surface area (Å²) < 4.78 is 11.5. The summed E-state index contributed by atoms with van der Waals surface area (Å²) in [7, 11) is 0. The van der Waals surface area contributed by atoms with Crippen LogP contribution in [0.2, 0.25) is 0 Å². The van der Waals surface area contributed by atoms with Crippen LogP contribution in [0.5, 0.6) is 0 Å². The van der Waals surface area contributed by atoms with Crippen LogP contribution in [0.3, 0.4) is 0 Å². The fourth-order valence-corrected chi connectivity index (χ4v) is 4.22. The molecule has 8 nitrogen and oxygen atoms in total. The normalized spacial score (nSPS) is 17.9. The number of aromatic nitrogens is 2. The zero-order chi connectivity index (χ0) is 21.3. The predicted molar refractivity (Wildman–Crippen MR) is 117 cm³/mol. The van der Waals surface area contributed by atoms with E-state index in [2.05, 4.69) is 15.3 Å². The lowest BCUT2D eigenvalue weighted by molar-refractivity contribution is -0.187. The lowest BCUT2D eigenvalue weighted by atomic mass is 10.0. The number of H-pyrrole nitrogens is 1. The molecule has 2 aliphatic rings. The molecule has 3 heterocycles. The van der Waals surface area contributed by atoms with Crippen molar-refractivity contribution in [2.24, 2.45) is 0 Å². The zero-order valence-electron chi connectivity index (χ0n) is 17.1. The molecular weight excluding hydrogens is 396 g/mol. The van der Waals surface area contributed by atoms with E-state index < -0.39 is 5.79 Å². The smallest absolute Gasteiger partial charge is 0.275 e. The van der Waals surface area contributed by atoms with Gasteiger partial charge in [-0.25, -0.2) is 4.98 Å². The van der Waals surface area contributed by atoms with Crippen molar-refractivity contribution in [2.75, 3.05) is 38.2 Å². The number of ether oxygens (including phenoxy) is 2. The van der Waals surface area contributed by atoms with Crippen molar-refractivity contribution >= 4 is 22.6 Å². The van der Waals surface area contributed by atoms with Gasteiger partial charge in [0.1, 0.15) is 5.69 Å². The van der Waals surface area contributed by atoms with E-state index in [1.165, 1.54) is 0 Å². The Hall–Kier alpha value is -3.23. The van der Waals surface area contributed by atoms with Crippen molar-refractivity contribution in [3.63, 3.8) is 0 Å². The van der Waals surface area contributed by atoms with E-state index in [1.807, 2.05) is 53.4 Å². The van der Waals surface area contributed by atoms with Gasteiger partial charge in [-0.15, -0.1) is 0 Å². The summed E-state index contributed by atoms with van der Waals surface area (Å²) in [6, 6.07) is 14.8. The summed E-state index contributed by atoms with van der Waals surface area (Å²) in [5.41, 5.74) is 2.81. The standard InChI is InChI=1S/C23H24N4O4/c28-20(27-11-9-23(10-12-27)30-13-14-31-23)15-24-17-6-2-1-5-16(17)21-22(29)26-19-8-4-3-7-18(19)25-21/h1-8,24H,9-15H2,(H,26,29). The van der Waals surface area contributed by atoms with Crippen molar-refractivity contribution in [1.29, 1.82) is 0 Å².